The van der Waals surface area contributed by atoms with Gasteiger partial charge in [0.1, 0.15) is 11.6 Å². The van der Waals surface area contributed by atoms with Gasteiger partial charge in [-0.05, 0) is 30.2 Å². The minimum Gasteiger partial charge on any atom is -0.309 e. The maximum absolute atomic E-state index is 14.0. The number of hydrogen-bond donors (Lipinski definition) is 1. The highest BCUT2D eigenvalue weighted by atomic mass is 19.2. The number of carbonyl (C=O) groups excluding carboxylic acids is 1. The molecule has 4 aromatic rings. The molecule has 0 unspecified atom stereocenters. The van der Waals surface area contributed by atoms with E-state index in [9.17, 15) is 13.6 Å². The molecule has 166 valence electrons. The molecule has 8 nitrogen and oxygen atoms in total. The van der Waals surface area contributed by atoms with Crippen LogP contribution in [0.1, 0.15) is 11.1 Å². The molecule has 4 heterocycles. The third-order valence-electron chi connectivity index (χ3n) is 5.49. The van der Waals surface area contributed by atoms with E-state index in [2.05, 4.69) is 25.4 Å². The Morgan fingerprint density at radius 1 is 1.15 bits per heavy atom. The summed E-state index contributed by atoms with van der Waals surface area (Å²) >= 11 is 0. The molecule has 5 rings (SSSR count). The Balaban J connectivity index is 1.36. The van der Waals surface area contributed by atoms with Gasteiger partial charge in [-0.25, -0.2) is 23.7 Å². The SMILES string of the molecule is Cn1nccc1Nc1nccc(-c2cnc3c(c2)CCN3C(=O)Cc2cccc(F)c2F)n1. The molecular weight excluding hydrogens is 428 g/mol. The van der Waals surface area contributed by atoms with E-state index in [-0.39, 0.29) is 17.9 Å². The quantitative estimate of drug-likeness (QED) is 0.504. The predicted octanol–water partition coefficient (Wildman–Crippen LogP) is 3.43. The number of halogens is 2. The number of amides is 1. The zero-order chi connectivity index (χ0) is 22.9. The molecular formula is C23H19F2N7O. The fourth-order valence-corrected chi connectivity index (χ4v) is 3.79. The van der Waals surface area contributed by atoms with Crippen molar-refractivity contribution in [3.63, 3.8) is 0 Å². The number of hydrogen-bond acceptors (Lipinski definition) is 6. The number of anilines is 3. The summed E-state index contributed by atoms with van der Waals surface area (Å²) < 4.78 is 29.1. The van der Waals surface area contributed by atoms with Gasteiger partial charge in [-0.3, -0.25) is 14.4 Å². The number of nitrogens with one attached hydrogen (secondary N) is 1. The van der Waals surface area contributed by atoms with Gasteiger partial charge < -0.3 is 5.32 Å². The summed E-state index contributed by atoms with van der Waals surface area (Å²) in [6.07, 6.45) is 5.34. The van der Waals surface area contributed by atoms with Crippen LogP contribution in [-0.2, 0) is 24.7 Å². The standard InChI is InChI=1S/C23H19F2N7O/c1-31-19(6-9-28-31)30-23-26-8-5-18(29-23)16-11-15-7-10-32(22(15)27-13-16)20(33)12-14-3-2-4-17(24)21(14)25/h2-6,8-9,11,13H,7,10,12H2,1H3,(H,26,29,30). The summed E-state index contributed by atoms with van der Waals surface area (Å²) in [5.74, 6) is -0.584. The number of rotatable bonds is 5. The highest BCUT2D eigenvalue weighted by Gasteiger charge is 2.27. The van der Waals surface area contributed by atoms with Crippen LogP contribution in [0.5, 0.6) is 0 Å². The second kappa shape index (κ2) is 8.38. The van der Waals surface area contributed by atoms with E-state index in [1.54, 1.807) is 29.3 Å². The number of pyridine rings is 1. The molecule has 0 spiro atoms. The molecule has 33 heavy (non-hydrogen) atoms. The first-order valence-electron chi connectivity index (χ1n) is 10.3. The van der Waals surface area contributed by atoms with Gasteiger partial charge in [-0.1, -0.05) is 12.1 Å². The van der Waals surface area contributed by atoms with Crippen LogP contribution in [-0.4, -0.2) is 37.2 Å². The van der Waals surface area contributed by atoms with Crippen LogP contribution in [0.3, 0.4) is 0 Å². The van der Waals surface area contributed by atoms with Crippen LogP contribution < -0.4 is 10.2 Å². The lowest BCUT2D eigenvalue weighted by Crippen LogP contribution is -2.31. The van der Waals surface area contributed by atoms with Gasteiger partial charge in [-0.15, -0.1) is 0 Å². The Morgan fingerprint density at radius 2 is 2.03 bits per heavy atom. The topological polar surface area (TPSA) is 88.8 Å². The largest absolute Gasteiger partial charge is 0.309 e. The van der Waals surface area contributed by atoms with Crippen molar-refractivity contribution in [2.24, 2.45) is 7.05 Å². The number of nitrogens with zero attached hydrogens (tertiary/aromatic N) is 6. The molecule has 0 radical (unpaired) electrons. The van der Waals surface area contributed by atoms with Crippen molar-refractivity contribution >= 4 is 23.5 Å². The lowest BCUT2D eigenvalue weighted by molar-refractivity contribution is -0.118. The van der Waals surface area contributed by atoms with Crippen LogP contribution in [0.25, 0.3) is 11.3 Å². The highest BCUT2D eigenvalue weighted by Crippen LogP contribution is 2.30. The van der Waals surface area contributed by atoms with E-state index in [1.165, 1.54) is 17.0 Å². The number of aromatic nitrogens is 5. The zero-order valence-corrected chi connectivity index (χ0v) is 17.7. The minimum absolute atomic E-state index is 0.0273. The van der Waals surface area contributed by atoms with E-state index in [0.717, 1.165) is 23.0 Å². The smallest absolute Gasteiger partial charge is 0.232 e. The van der Waals surface area contributed by atoms with Gasteiger partial charge in [0, 0.05) is 43.2 Å². The van der Waals surface area contributed by atoms with E-state index < -0.39 is 11.6 Å². The molecule has 0 saturated carbocycles. The Kier molecular flexibility index (Phi) is 5.25. The summed E-state index contributed by atoms with van der Waals surface area (Å²) in [6, 6.07) is 9.37. The number of fused-ring (bicyclic) bond motifs is 1. The molecule has 1 N–H and O–H groups in total. The summed E-state index contributed by atoms with van der Waals surface area (Å²) in [6.45, 7) is 0.429. The molecule has 1 aliphatic rings. The third kappa shape index (κ3) is 4.02. The van der Waals surface area contributed by atoms with Crippen molar-refractivity contribution < 1.29 is 13.6 Å². The zero-order valence-electron chi connectivity index (χ0n) is 17.7. The Hall–Kier alpha value is -4.21. The normalized spacial score (nSPS) is 12.6. The second-order valence-electron chi connectivity index (χ2n) is 7.62. The molecule has 0 bridgehead atoms. The summed E-state index contributed by atoms with van der Waals surface area (Å²) in [4.78, 5) is 27.6. The van der Waals surface area contributed by atoms with E-state index in [1.807, 2.05) is 19.2 Å². The van der Waals surface area contributed by atoms with Gasteiger partial charge in [0.25, 0.3) is 0 Å². The van der Waals surface area contributed by atoms with Gasteiger partial charge >= 0.3 is 0 Å². The van der Waals surface area contributed by atoms with Crippen molar-refractivity contribution in [1.29, 1.82) is 0 Å². The first kappa shape index (κ1) is 20.7. The molecule has 0 fully saturated rings. The summed E-state index contributed by atoms with van der Waals surface area (Å²) in [7, 11) is 1.81. The molecule has 1 aromatic carbocycles. The van der Waals surface area contributed by atoms with Crippen LogP contribution in [0.15, 0.2) is 55.0 Å². The average Bonchev–Trinajstić information content (AvgIpc) is 3.42. The molecule has 1 amide bonds. The van der Waals surface area contributed by atoms with E-state index in [0.29, 0.717) is 30.4 Å². The van der Waals surface area contributed by atoms with Gasteiger partial charge in [-0.2, -0.15) is 5.10 Å². The van der Waals surface area contributed by atoms with Crippen molar-refractivity contribution in [3.8, 4) is 11.3 Å². The van der Waals surface area contributed by atoms with Crippen molar-refractivity contribution in [2.75, 3.05) is 16.8 Å². The van der Waals surface area contributed by atoms with E-state index >= 15 is 0 Å². The summed E-state index contributed by atoms with van der Waals surface area (Å²) in [5.41, 5.74) is 2.38. The van der Waals surface area contributed by atoms with Crippen molar-refractivity contribution in [1.82, 2.24) is 24.7 Å². The Labute approximate surface area is 187 Å². The molecule has 10 heteroatoms. The maximum Gasteiger partial charge on any atom is 0.232 e. The number of aryl methyl sites for hydroxylation is 1. The first-order valence-corrected chi connectivity index (χ1v) is 10.3. The lowest BCUT2D eigenvalue weighted by Gasteiger charge is -2.17. The lowest BCUT2D eigenvalue weighted by atomic mass is 10.1. The molecule has 0 aliphatic carbocycles. The molecule has 0 atom stereocenters. The minimum atomic E-state index is -0.993. The van der Waals surface area contributed by atoms with Crippen LogP contribution in [0.4, 0.5) is 26.4 Å². The Morgan fingerprint density at radius 3 is 2.85 bits per heavy atom. The second-order valence-corrected chi connectivity index (χ2v) is 7.62. The highest BCUT2D eigenvalue weighted by molar-refractivity contribution is 5.96. The predicted molar refractivity (Wildman–Crippen MR) is 118 cm³/mol. The fraction of sp³-hybridized carbons (Fsp3) is 0.174. The monoisotopic (exact) mass is 447 g/mol. The fourth-order valence-electron chi connectivity index (χ4n) is 3.79. The van der Waals surface area contributed by atoms with Gasteiger partial charge in [0.05, 0.1) is 18.3 Å². The molecule has 3 aromatic heterocycles. The molecule has 1 aliphatic heterocycles. The van der Waals surface area contributed by atoms with Crippen molar-refractivity contribution in [3.05, 3.63) is 77.8 Å². The first-order chi connectivity index (χ1) is 16.0. The summed E-state index contributed by atoms with van der Waals surface area (Å²) in [5, 5.41) is 7.22. The van der Waals surface area contributed by atoms with Crippen LogP contribution >= 0.6 is 0 Å². The molecule has 0 saturated heterocycles. The average molecular weight is 447 g/mol. The Bertz CT molecular complexity index is 1350. The van der Waals surface area contributed by atoms with Gasteiger partial charge in [0.15, 0.2) is 11.6 Å². The maximum atomic E-state index is 14.0. The number of carbonyl (C=O) groups is 1. The third-order valence-corrected chi connectivity index (χ3v) is 5.49. The van der Waals surface area contributed by atoms with Crippen LogP contribution in [0.2, 0.25) is 0 Å². The van der Waals surface area contributed by atoms with Gasteiger partial charge in [0.2, 0.25) is 11.9 Å². The van der Waals surface area contributed by atoms with Crippen molar-refractivity contribution in [2.45, 2.75) is 12.8 Å². The number of benzene rings is 1. The van der Waals surface area contributed by atoms with E-state index in [4.69, 9.17) is 0 Å². The van der Waals surface area contributed by atoms with Crippen LogP contribution in [0, 0.1) is 11.6 Å².